The molecule has 1 fully saturated rings. The zero-order chi connectivity index (χ0) is 13.5. The number of nitrogens with two attached hydrogens (primary N) is 1. The minimum absolute atomic E-state index is 0.602. The molecule has 1 aromatic rings. The molecule has 19 heavy (non-hydrogen) atoms. The predicted molar refractivity (Wildman–Crippen MR) is 81.4 cm³/mol. The minimum atomic E-state index is 0.602. The molecule has 1 aliphatic heterocycles. The Morgan fingerprint density at radius 2 is 2.05 bits per heavy atom. The third-order valence-corrected chi connectivity index (χ3v) is 3.93. The molecule has 2 atom stereocenters. The van der Waals surface area contributed by atoms with Crippen LogP contribution in [0.4, 0.5) is 0 Å². The fraction of sp³-hybridized carbons (Fsp3) is 0.625. The van der Waals surface area contributed by atoms with Gasteiger partial charge in [-0.25, -0.2) is 0 Å². The van der Waals surface area contributed by atoms with Crippen LogP contribution in [0.1, 0.15) is 31.2 Å². The number of nitrogens with one attached hydrogen (secondary N) is 1. The molecule has 2 unspecified atom stereocenters. The Hall–Kier alpha value is -0.900. The lowest BCUT2D eigenvalue weighted by Crippen LogP contribution is -2.49. The topological polar surface area (TPSA) is 41.3 Å². The van der Waals surface area contributed by atoms with Crippen molar-refractivity contribution in [2.45, 2.75) is 31.7 Å². The van der Waals surface area contributed by atoms with Gasteiger partial charge in [0.1, 0.15) is 0 Å². The van der Waals surface area contributed by atoms with Crippen molar-refractivity contribution in [3.63, 3.8) is 0 Å². The van der Waals surface area contributed by atoms with Gasteiger partial charge >= 0.3 is 0 Å². The molecule has 3 N–H and O–H groups in total. The summed E-state index contributed by atoms with van der Waals surface area (Å²) in [5.74, 6) is 0.635. The molecule has 3 nitrogen and oxygen atoms in total. The highest BCUT2D eigenvalue weighted by molar-refractivity contribution is 5.21. The van der Waals surface area contributed by atoms with Gasteiger partial charge in [-0.05, 0) is 30.9 Å². The summed E-state index contributed by atoms with van der Waals surface area (Å²) < 4.78 is 0. The molecule has 106 valence electrons. The van der Waals surface area contributed by atoms with Crippen LogP contribution < -0.4 is 11.1 Å². The van der Waals surface area contributed by atoms with Crippen molar-refractivity contribution in [1.82, 2.24) is 10.2 Å². The number of hydrogen-bond acceptors (Lipinski definition) is 3. The normalized spacial score (nSPS) is 24.5. The Morgan fingerprint density at radius 1 is 1.26 bits per heavy atom. The van der Waals surface area contributed by atoms with E-state index in [1.54, 1.807) is 0 Å². The second kappa shape index (κ2) is 7.63. The molecule has 1 aliphatic rings. The zero-order valence-corrected chi connectivity index (χ0v) is 12.0. The molecule has 1 aromatic carbocycles. The molecule has 1 saturated heterocycles. The van der Waals surface area contributed by atoms with E-state index >= 15 is 0 Å². The molecule has 0 saturated carbocycles. The summed E-state index contributed by atoms with van der Waals surface area (Å²) >= 11 is 0. The van der Waals surface area contributed by atoms with Crippen LogP contribution in [0.5, 0.6) is 0 Å². The van der Waals surface area contributed by atoms with E-state index in [-0.39, 0.29) is 0 Å². The van der Waals surface area contributed by atoms with Gasteiger partial charge in [0.05, 0.1) is 0 Å². The molecular formula is C16H27N3. The van der Waals surface area contributed by atoms with E-state index in [0.29, 0.717) is 12.0 Å². The summed E-state index contributed by atoms with van der Waals surface area (Å²) in [6.45, 7) is 7.38. The first-order valence-electron chi connectivity index (χ1n) is 7.54. The maximum absolute atomic E-state index is 5.73. The number of piperidine rings is 1. The Morgan fingerprint density at radius 3 is 2.74 bits per heavy atom. The van der Waals surface area contributed by atoms with Gasteiger partial charge < -0.3 is 11.1 Å². The lowest BCUT2D eigenvalue weighted by atomic mass is 9.88. The standard InChI is InChI=1S/C16H27N3/c1-2-9-18-16-11-15(12-19(13-16)10-8-17)14-6-4-3-5-7-14/h3-7,15-16,18H,2,8-13,17H2,1H3. The van der Waals surface area contributed by atoms with Crippen molar-refractivity contribution in [3.05, 3.63) is 35.9 Å². The predicted octanol–water partition coefficient (Wildman–Crippen LogP) is 1.80. The smallest absolute Gasteiger partial charge is 0.0201 e. The van der Waals surface area contributed by atoms with Crippen LogP contribution in [-0.2, 0) is 0 Å². The second-order valence-corrected chi connectivity index (χ2v) is 5.54. The number of likely N-dealkylation sites (tertiary alicyclic amines) is 1. The van der Waals surface area contributed by atoms with E-state index in [1.165, 1.54) is 18.4 Å². The monoisotopic (exact) mass is 261 g/mol. The highest BCUT2D eigenvalue weighted by Gasteiger charge is 2.27. The highest BCUT2D eigenvalue weighted by Crippen LogP contribution is 2.26. The van der Waals surface area contributed by atoms with Crippen LogP contribution in [0.25, 0.3) is 0 Å². The summed E-state index contributed by atoms with van der Waals surface area (Å²) in [6.07, 6.45) is 2.44. The Balaban J connectivity index is 2.01. The maximum atomic E-state index is 5.73. The van der Waals surface area contributed by atoms with E-state index in [0.717, 1.165) is 32.7 Å². The maximum Gasteiger partial charge on any atom is 0.0201 e. The fourth-order valence-electron chi connectivity index (χ4n) is 3.02. The van der Waals surface area contributed by atoms with Crippen molar-refractivity contribution in [2.24, 2.45) is 5.73 Å². The minimum Gasteiger partial charge on any atom is -0.329 e. The van der Waals surface area contributed by atoms with Crippen LogP contribution in [-0.4, -0.2) is 43.7 Å². The second-order valence-electron chi connectivity index (χ2n) is 5.54. The van der Waals surface area contributed by atoms with Crippen molar-refractivity contribution >= 4 is 0 Å². The Bertz CT molecular complexity index is 352. The lowest BCUT2D eigenvalue weighted by Gasteiger charge is -2.38. The number of nitrogens with zero attached hydrogens (tertiary/aromatic N) is 1. The first kappa shape index (κ1) is 14.5. The van der Waals surface area contributed by atoms with Gasteiger partial charge in [-0.1, -0.05) is 37.3 Å². The van der Waals surface area contributed by atoms with Gasteiger partial charge in [-0.2, -0.15) is 0 Å². The van der Waals surface area contributed by atoms with Crippen molar-refractivity contribution in [2.75, 3.05) is 32.7 Å². The SMILES string of the molecule is CCCNC1CC(c2ccccc2)CN(CCN)C1. The third kappa shape index (κ3) is 4.30. The average Bonchev–Trinajstić information content (AvgIpc) is 2.46. The summed E-state index contributed by atoms with van der Waals surface area (Å²) in [4.78, 5) is 2.51. The summed E-state index contributed by atoms with van der Waals surface area (Å²) in [7, 11) is 0. The van der Waals surface area contributed by atoms with Crippen LogP contribution in [0, 0.1) is 0 Å². The first-order valence-corrected chi connectivity index (χ1v) is 7.54. The van der Waals surface area contributed by atoms with Gasteiger partial charge in [0.25, 0.3) is 0 Å². The van der Waals surface area contributed by atoms with Gasteiger partial charge in [0.2, 0.25) is 0 Å². The van der Waals surface area contributed by atoms with Gasteiger partial charge in [-0.3, -0.25) is 4.90 Å². The molecule has 3 heteroatoms. The molecule has 2 rings (SSSR count). The largest absolute Gasteiger partial charge is 0.329 e. The quantitative estimate of drug-likeness (QED) is 0.820. The van der Waals surface area contributed by atoms with Gasteiger partial charge in [0.15, 0.2) is 0 Å². The number of hydrogen-bond donors (Lipinski definition) is 2. The van der Waals surface area contributed by atoms with Gasteiger partial charge in [0, 0.05) is 32.2 Å². The molecule has 0 amide bonds. The van der Waals surface area contributed by atoms with Crippen LogP contribution >= 0.6 is 0 Å². The Kier molecular flexibility index (Phi) is 5.83. The fourth-order valence-corrected chi connectivity index (χ4v) is 3.02. The summed E-state index contributed by atoms with van der Waals surface area (Å²) in [5.41, 5.74) is 7.19. The molecule has 0 aliphatic carbocycles. The average molecular weight is 261 g/mol. The van der Waals surface area contributed by atoms with E-state index in [1.807, 2.05) is 0 Å². The van der Waals surface area contributed by atoms with E-state index in [4.69, 9.17) is 5.73 Å². The first-order chi connectivity index (χ1) is 9.33. The lowest BCUT2D eigenvalue weighted by molar-refractivity contribution is 0.175. The van der Waals surface area contributed by atoms with Crippen molar-refractivity contribution in [3.8, 4) is 0 Å². The van der Waals surface area contributed by atoms with E-state index < -0.39 is 0 Å². The molecule has 0 radical (unpaired) electrons. The van der Waals surface area contributed by atoms with Crippen LogP contribution in [0.3, 0.4) is 0 Å². The summed E-state index contributed by atoms with van der Waals surface area (Å²) in [6, 6.07) is 11.5. The number of rotatable bonds is 6. The van der Waals surface area contributed by atoms with Gasteiger partial charge in [-0.15, -0.1) is 0 Å². The summed E-state index contributed by atoms with van der Waals surface area (Å²) in [5, 5.41) is 3.68. The molecular weight excluding hydrogens is 234 g/mol. The van der Waals surface area contributed by atoms with Crippen LogP contribution in [0.15, 0.2) is 30.3 Å². The van der Waals surface area contributed by atoms with E-state index in [2.05, 4.69) is 47.5 Å². The Labute approximate surface area is 117 Å². The van der Waals surface area contributed by atoms with Crippen molar-refractivity contribution < 1.29 is 0 Å². The van der Waals surface area contributed by atoms with Crippen molar-refractivity contribution in [1.29, 1.82) is 0 Å². The third-order valence-electron chi connectivity index (χ3n) is 3.93. The van der Waals surface area contributed by atoms with Crippen LogP contribution in [0.2, 0.25) is 0 Å². The molecule has 0 spiro atoms. The number of benzene rings is 1. The molecule has 0 bridgehead atoms. The molecule has 1 heterocycles. The molecule has 0 aromatic heterocycles. The van der Waals surface area contributed by atoms with E-state index in [9.17, 15) is 0 Å². The zero-order valence-electron chi connectivity index (χ0n) is 12.0. The highest BCUT2D eigenvalue weighted by atomic mass is 15.2.